The molecule has 3 aliphatic heterocycles. The Kier molecular flexibility index (Phi) is 6.58. The molecule has 0 spiro atoms. The third-order valence-electron chi connectivity index (χ3n) is 7.87. The number of benzene rings is 1. The molecule has 178 valence electrons. The molecule has 4 heterocycles. The normalized spacial score (nSPS) is 22.8. The van der Waals surface area contributed by atoms with Gasteiger partial charge < -0.3 is 19.5 Å². The second-order valence-corrected chi connectivity index (χ2v) is 9.85. The van der Waals surface area contributed by atoms with Gasteiger partial charge >= 0.3 is 6.03 Å². The summed E-state index contributed by atoms with van der Waals surface area (Å²) in [6, 6.07) is 6.33. The quantitative estimate of drug-likeness (QED) is 0.635. The Labute approximate surface area is 196 Å². The van der Waals surface area contributed by atoms with Crippen molar-refractivity contribution >= 4 is 22.8 Å². The lowest BCUT2D eigenvalue weighted by Gasteiger charge is -2.42. The van der Waals surface area contributed by atoms with E-state index in [4.69, 9.17) is 4.74 Å². The minimum atomic E-state index is -0.0490. The summed E-state index contributed by atoms with van der Waals surface area (Å²) >= 11 is 0. The first-order chi connectivity index (χ1) is 16.1. The Bertz CT molecular complexity index is 995. The fraction of sp³-hybridized carbons (Fsp3) is 0.615. The van der Waals surface area contributed by atoms with Gasteiger partial charge in [-0.25, -0.2) is 4.79 Å². The number of hydrogen-bond donors (Lipinski definition) is 1. The molecule has 1 unspecified atom stereocenters. The van der Waals surface area contributed by atoms with Crippen LogP contribution in [0.4, 0.5) is 4.79 Å². The van der Waals surface area contributed by atoms with Crippen LogP contribution in [0.15, 0.2) is 24.4 Å². The highest BCUT2D eigenvalue weighted by Crippen LogP contribution is 2.34. The molecule has 0 bridgehead atoms. The van der Waals surface area contributed by atoms with Gasteiger partial charge in [-0.05, 0) is 94.3 Å². The zero-order valence-electron chi connectivity index (χ0n) is 19.7. The topological polar surface area (TPSA) is 68.9 Å². The fourth-order valence-electron chi connectivity index (χ4n) is 5.92. The van der Waals surface area contributed by atoms with E-state index >= 15 is 0 Å². The lowest BCUT2D eigenvalue weighted by Crippen LogP contribution is -2.58. The molecule has 1 N–H and O–H groups in total. The molecule has 33 heavy (non-hydrogen) atoms. The summed E-state index contributed by atoms with van der Waals surface area (Å²) in [7, 11) is 1.72. The number of urea groups is 1. The first kappa shape index (κ1) is 22.3. The molecule has 3 saturated heterocycles. The lowest BCUT2D eigenvalue weighted by molar-refractivity contribution is -0.133. The van der Waals surface area contributed by atoms with E-state index in [9.17, 15) is 9.59 Å². The number of hydrogen-bond acceptors (Lipinski definition) is 4. The number of aromatic amines is 1. The van der Waals surface area contributed by atoms with Crippen molar-refractivity contribution in [3.05, 3.63) is 30.0 Å². The van der Waals surface area contributed by atoms with E-state index in [0.29, 0.717) is 18.9 Å². The predicted molar refractivity (Wildman–Crippen MR) is 129 cm³/mol. The SMILES string of the molecule is COc1ccc2[nH]cc(C3CCN(CCCCN4C(=O)CC5CCCCN5C4=O)CC3)c2c1. The first-order valence-electron chi connectivity index (χ1n) is 12.6. The van der Waals surface area contributed by atoms with Crippen LogP contribution in [0.3, 0.4) is 0 Å². The summed E-state index contributed by atoms with van der Waals surface area (Å²) in [5.41, 5.74) is 2.58. The van der Waals surface area contributed by atoms with Crippen LogP contribution in [0.2, 0.25) is 0 Å². The molecule has 7 heteroatoms. The van der Waals surface area contributed by atoms with E-state index in [1.54, 1.807) is 7.11 Å². The molecule has 3 fully saturated rings. The number of fused-ring (bicyclic) bond motifs is 2. The number of carbonyl (C=O) groups excluding carboxylic acids is 2. The highest BCUT2D eigenvalue weighted by atomic mass is 16.5. The number of carbonyl (C=O) groups is 2. The Morgan fingerprint density at radius 3 is 2.67 bits per heavy atom. The van der Waals surface area contributed by atoms with Crippen molar-refractivity contribution in [1.82, 2.24) is 19.7 Å². The molecular weight excluding hydrogens is 416 g/mol. The van der Waals surface area contributed by atoms with Gasteiger partial charge in [0.1, 0.15) is 5.75 Å². The van der Waals surface area contributed by atoms with Crippen LogP contribution in [0.1, 0.15) is 62.8 Å². The maximum absolute atomic E-state index is 12.8. The van der Waals surface area contributed by atoms with Crippen LogP contribution in [0.25, 0.3) is 10.9 Å². The predicted octanol–water partition coefficient (Wildman–Crippen LogP) is 4.34. The van der Waals surface area contributed by atoms with Gasteiger partial charge in [-0.3, -0.25) is 9.69 Å². The van der Waals surface area contributed by atoms with Crippen LogP contribution in [-0.4, -0.2) is 77.5 Å². The third-order valence-corrected chi connectivity index (χ3v) is 7.87. The van der Waals surface area contributed by atoms with Gasteiger partial charge in [-0.15, -0.1) is 0 Å². The number of piperidine rings is 2. The van der Waals surface area contributed by atoms with Gasteiger partial charge in [0, 0.05) is 42.7 Å². The van der Waals surface area contributed by atoms with Crippen molar-refractivity contribution in [1.29, 1.82) is 0 Å². The Morgan fingerprint density at radius 1 is 1.03 bits per heavy atom. The smallest absolute Gasteiger partial charge is 0.326 e. The number of methoxy groups -OCH3 is 1. The number of imide groups is 1. The van der Waals surface area contributed by atoms with E-state index < -0.39 is 0 Å². The second kappa shape index (κ2) is 9.75. The van der Waals surface area contributed by atoms with Gasteiger partial charge in [0.05, 0.1) is 7.11 Å². The number of unbranched alkanes of at least 4 members (excludes halogenated alkanes) is 1. The van der Waals surface area contributed by atoms with Crippen LogP contribution in [-0.2, 0) is 4.79 Å². The highest BCUT2D eigenvalue weighted by molar-refractivity contribution is 5.97. The van der Waals surface area contributed by atoms with Crippen molar-refractivity contribution in [3.63, 3.8) is 0 Å². The van der Waals surface area contributed by atoms with E-state index in [1.807, 2.05) is 11.0 Å². The van der Waals surface area contributed by atoms with E-state index in [1.165, 1.54) is 21.4 Å². The number of rotatable bonds is 7. The summed E-state index contributed by atoms with van der Waals surface area (Å²) in [5.74, 6) is 1.50. The maximum Gasteiger partial charge on any atom is 0.326 e. The van der Waals surface area contributed by atoms with Gasteiger partial charge in [0.2, 0.25) is 5.91 Å². The Hall–Kier alpha value is -2.54. The number of amides is 3. The summed E-state index contributed by atoms with van der Waals surface area (Å²) in [5, 5.41) is 1.28. The number of aromatic nitrogens is 1. The summed E-state index contributed by atoms with van der Waals surface area (Å²) in [6.07, 6.45) is 10.1. The number of nitrogens with zero attached hydrogens (tertiary/aromatic N) is 3. The highest BCUT2D eigenvalue weighted by Gasteiger charge is 2.39. The molecule has 7 nitrogen and oxygen atoms in total. The van der Waals surface area contributed by atoms with Gasteiger partial charge in [0.15, 0.2) is 0 Å². The molecule has 3 amide bonds. The van der Waals surface area contributed by atoms with Crippen molar-refractivity contribution in [2.45, 2.75) is 63.3 Å². The molecule has 2 aromatic rings. The summed E-state index contributed by atoms with van der Waals surface area (Å²) in [6.45, 7) is 4.60. The van der Waals surface area contributed by atoms with Crippen molar-refractivity contribution < 1.29 is 14.3 Å². The first-order valence-corrected chi connectivity index (χ1v) is 12.6. The minimum absolute atomic E-state index is 0.0272. The average molecular weight is 453 g/mol. The summed E-state index contributed by atoms with van der Waals surface area (Å²) < 4.78 is 5.42. The molecule has 1 aromatic carbocycles. The number of H-pyrrole nitrogens is 1. The number of nitrogens with one attached hydrogen (secondary N) is 1. The standard InChI is InChI=1S/C26H36N4O3/c1-33-21-7-8-24-22(17-21)23(18-27-24)19-9-14-28(15-10-19)11-4-5-13-30-25(31)16-20-6-2-3-12-29(20)26(30)32/h7-8,17-20,27H,2-6,9-16H2,1H3. The monoisotopic (exact) mass is 452 g/mol. The lowest BCUT2D eigenvalue weighted by atomic mass is 9.89. The van der Waals surface area contributed by atoms with Gasteiger partial charge in [0.25, 0.3) is 0 Å². The van der Waals surface area contributed by atoms with Gasteiger partial charge in [-0.2, -0.15) is 0 Å². The molecule has 3 aliphatic rings. The Morgan fingerprint density at radius 2 is 1.85 bits per heavy atom. The fourth-order valence-corrected chi connectivity index (χ4v) is 5.92. The molecule has 0 aliphatic carbocycles. The molecule has 5 rings (SSSR count). The van der Waals surface area contributed by atoms with Crippen LogP contribution < -0.4 is 4.74 Å². The van der Waals surface area contributed by atoms with Crippen molar-refractivity contribution in [2.24, 2.45) is 0 Å². The average Bonchev–Trinajstić information content (AvgIpc) is 3.27. The zero-order valence-corrected chi connectivity index (χ0v) is 19.7. The van der Waals surface area contributed by atoms with Crippen LogP contribution in [0.5, 0.6) is 5.75 Å². The van der Waals surface area contributed by atoms with Gasteiger partial charge in [-0.1, -0.05) is 0 Å². The zero-order chi connectivity index (χ0) is 22.8. The van der Waals surface area contributed by atoms with E-state index in [2.05, 4.69) is 28.2 Å². The molecule has 1 atom stereocenters. The molecule has 1 aromatic heterocycles. The third kappa shape index (κ3) is 4.60. The number of ether oxygens (including phenoxy) is 1. The largest absolute Gasteiger partial charge is 0.497 e. The second-order valence-electron chi connectivity index (χ2n) is 9.85. The van der Waals surface area contributed by atoms with Crippen LogP contribution in [0, 0.1) is 0 Å². The number of likely N-dealkylation sites (tertiary alicyclic amines) is 1. The van der Waals surface area contributed by atoms with Crippen LogP contribution >= 0.6 is 0 Å². The molecular formula is C26H36N4O3. The molecule has 0 saturated carbocycles. The Balaban J connectivity index is 1.07. The minimum Gasteiger partial charge on any atom is -0.497 e. The molecule has 0 radical (unpaired) electrons. The van der Waals surface area contributed by atoms with E-state index in [-0.39, 0.29) is 18.0 Å². The summed E-state index contributed by atoms with van der Waals surface area (Å²) in [4.78, 5) is 34.7. The van der Waals surface area contributed by atoms with Crippen molar-refractivity contribution in [3.8, 4) is 5.75 Å². The van der Waals surface area contributed by atoms with E-state index in [0.717, 1.165) is 76.9 Å². The van der Waals surface area contributed by atoms with Crippen molar-refractivity contribution in [2.75, 3.05) is 39.8 Å². The maximum atomic E-state index is 12.8.